The van der Waals surface area contributed by atoms with Gasteiger partial charge in [-0.2, -0.15) is 4.98 Å². The van der Waals surface area contributed by atoms with Crippen molar-refractivity contribution in [2.75, 3.05) is 12.9 Å². The van der Waals surface area contributed by atoms with Crippen LogP contribution in [-0.2, 0) is 0 Å². The molecule has 0 spiro atoms. The summed E-state index contributed by atoms with van der Waals surface area (Å²) in [5.74, 6) is 1.05. The molecule has 7 heteroatoms. The molecule has 0 aromatic rings. The summed E-state index contributed by atoms with van der Waals surface area (Å²) in [7, 11) is 0. The molecule has 0 amide bonds. The highest BCUT2D eigenvalue weighted by molar-refractivity contribution is 7.98. The van der Waals surface area contributed by atoms with Gasteiger partial charge in [0.2, 0.25) is 5.88 Å². The molecular weight excluding hydrogens is 236 g/mol. The van der Waals surface area contributed by atoms with Gasteiger partial charge in [0.05, 0.1) is 6.61 Å². The van der Waals surface area contributed by atoms with Gasteiger partial charge < -0.3 is 4.74 Å². The molecule has 2 aliphatic heterocycles. The van der Waals surface area contributed by atoms with Crippen molar-refractivity contribution >= 4 is 23.5 Å². The summed E-state index contributed by atoms with van der Waals surface area (Å²) in [5, 5.41) is 0.633. The summed E-state index contributed by atoms with van der Waals surface area (Å²) in [6.07, 6.45) is 3.33. The first-order valence-corrected chi connectivity index (χ1v) is 5.90. The van der Waals surface area contributed by atoms with E-state index in [1.807, 2.05) is 13.2 Å². The number of ether oxygens (including phenoxy) is 1. The van der Waals surface area contributed by atoms with Crippen LogP contribution in [0.5, 0.6) is 5.88 Å². The number of aromatic nitrogens is 4. The number of hydrogen-bond acceptors (Lipinski definition) is 5. The molecule has 2 heterocycles. The first-order valence-electron chi connectivity index (χ1n) is 4.34. The monoisotopic (exact) mass is 244 g/mol. The van der Waals surface area contributed by atoms with Crippen LogP contribution >= 0.6 is 23.5 Å². The third kappa shape index (κ3) is 1.74. The van der Waals surface area contributed by atoms with Crippen LogP contribution in [0.2, 0.25) is 0 Å². The Balaban J connectivity index is 2.61. The third-order valence-electron chi connectivity index (χ3n) is 1.80. The van der Waals surface area contributed by atoms with Gasteiger partial charge in [0.15, 0.2) is 16.7 Å². The Kier molecular flexibility index (Phi) is 2.97. The van der Waals surface area contributed by atoms with Gasteiger partial charge in [-0.1, -0.05) is 11.8 Å². The quantitative estimate of drug-likeness (QED) is 0.610. The van der Waals surface area contributed by atoms with Crippen molar-refractivity contribution in [1.29, 1.82) is 0 Å². The zero-order chi connectivity index (χ0) is 10.8. The van der Waals surface area contributed by atoms with Crippen LogP contribution in [0.15, 0.2) is 11.5 Å². The van der Waals surface area contributed by atoms with E-state index in [2.05, 4.69) is 15.0 Å². The van der Waals surface area contributed by atoms with Gasteiger partial charge >= 0.3 is 0 Å². The van der Waals surface area contributed by atoms with Crippen LogP contribution in [0, 0.1) is 0 Å². The summed E-state index contributed by atoms with van der Waals surface area (Å²) in [5.41, 5.74) is 0.588. The lowest BCUT2D eigenvalue weighted by molar-refractivity contribution is 0.323. The maximum Gasteiger partial charge on any atom is 0.246 e. The SMILES string of the molecule is CCOc1nc(SC)n(Cl)c2ncnc1-2. The predicted octanol–water partition coefficient (Wildman–Crippen LogP) is 1.90. The van der Waals surface area contributed by atoms with Crippen LogP contribution in [0.1, 0.15) is 6.92 Å². The van der Waals surface area contributed by atoms with Crippen molar-refractivity contribution in [3.63, 3.8) is 0 Å². The van der Waals surface area contributed by atoms with Gasteiger partial charge in [-0.05, 0) is 13.2 Å². The lowest BCUT2D eigenvalue weighted by Crippen LogP contribution is -2.05. The number of hydrogen-bond donors (Lipinski definition) is 0. The van der Waals surface area contributed by atoms with Gasteiger partial charge in [-0.25, -0.2) is 14.1 Å². The molecular formula is C8H9ClN4OS. The second kappa shape index (κ2) is 4.24. The Hall–Kier alpha value is -1.01. The largest absolute Gasteiger partial charge is 0.476 e. The molecule has 0 saturated carbocycles. The van der Waals surface area contributed by atoms with Crippen molar-refractivity contribution in [2.45, 2.75) is 12.1 Å². The standard InChI is InChI=1S/C8H9ClN4OS/c1-3-14-7-5-6(11-4-10-5)13(9)8(12-7)15-2/h4H,3H2,1-2H3. The summed E-state index contributed by atoms with van der Waals surface area (Å²) in [4.78, 5) is 12.4. The van der Waals surface area contributed by atoms with Gasteiger partial charge in [0, 0.05) is 11.8 Å². The van der Waals surface area contributed by atoms with E-state index in [-0.39, 0.29) is 0 Å². The van der Waals surface area contributed by atoms with E-state index in [1.165, 1.54) is 22.2 Å². The topological polar surface area (TPSA) is 52.8 Å². The summed E-state index contributed by atoms with van der Waals surface area (Å²) >= 11 is 7.46. The smallest absolute Gasteiger partial charge is 0.246 e. The van der Waals surface area contributed by atoms with E-state index in [0.717, 1.165) is 0 Å². The normalized spacial score (nSPS) is 10.9. The molecule has 0 atom stereocenters. The Bertz CT molecular complexity index is 447. The van der Waals surface area contributed by atoms with Gasteiger partial charge in [-0.3, -0.25) is 0 Å². The average molecular weight is 245 g/mol. The fraction of sp³-hybridized carbons (Fsp3) is 0.375. The van der Waals surface area contributed by atoms with Crippen LogP contribution in [0.25, 0.3) is 11.5 Å². The number of rotatable bonds is 3. The summed E-state index contributed by atoms with van der Waals surface area (Å²) < 4.78 is 6.76. The zero-order valence-corrected chi connectivity index (χ0v) is 9.84. The highest BCUT2D eigenvalue weighted by Crippen LogP contribution is 2.31. The molecule has 2 rings (SSSR count). The Labute approximate surface area is 96.3 Å². The first-order chi connectivity index (χ1) is 7.27. The van der Waals surface area contributed by atoms with Crippen molar-refractivity contribution in [3.05, 3.63) is 6.33 Å². The molecule has 0 aromatic heterocycles. The molecule has 0 aromatic carbocycles. The highest BCUT2D eigenvalue weighted by Gasteiger charge is 2.20. The van der Waals surface area contributed by atoms with Crippen molar-refractivity contribution in [2.24, 2.45) is 0 Å². The lowest BCUT2D eigenvalue weighted by Gasteiger charge is -2.11. The Morgan fingerprint density at radius 3 is 3.00 bits per heavy atom. The zero-order valence-electron chi connectivity index (χ0n) is 8.27. The fourth-order valence-electron chi connectivity index (χ4n) is 1.19. The van der Waals surface area contributed by atoms with Crippen LogP contribution < -0.4 is 4.74 Å². The minimum atomic E-state index is 0.478. The highest BCUT2D eigenvalue weighted by atomic mass is 35.5. The molecule has 0 aliphatic carbocycles. The number of thioether (sulfide) groups is 1. The maximum absolute atomic E-state index is 6.03. The molecule has 0 unspecified atom stereocenters. The second-order valence-corrected chi connectivity index (χ2v) is 3.77. The molecule has 0 bridgehead atoms. The molecule has 0 fully saturated rings. The molecule has 5 nitrogen and oxygen atoms in total. The number of fused-ring (bicyclic) bond motifs is 1. The molecule has 2 aliphatic rings. The first kappa shape index (κ1) is 10.5. The van der Waals surface area contributed by atoms with Crippen LogP contribution in [0.4, 0.5) is 0 Å². The average Bonchev–Trinajstić information content (AvgIpc) is 2.71. The maximum atomic E-state index is 6.03. The van der Waals surface area contributed by atoms with Gasteiger partial charge in [-0.15, -0.1) is 0 Å². The minimum Gasteiger partial charge on any atom is -0.476 e. The molecule has 80 valence electrons. The van der Waals surface area contributed by atoms with Crippen molar-refractivity contribution in [3.8, 4) is 17.4 Å². The third-order valence-corrected chi connectivity index (χ3v) is 2.86. The predicted molar refractivity (Wildman–Crippen MR) is 58.6 cm³/mol. The van der Waals surface area contributed by atoms with Crippen molar-refractivity contribution < 1.29 is 4.74 Å². The number of nitrogens with zero attached hydrogens (tertiary/aromatic N) is 4. The lowest BCUT2D eigenvalue weighted by atomic mass is 10.4. The van der Waals surface area contributed by atoms with Crippen LogP contribution in [-0.4, -0.2) is 31.9 Å². The van der Waals surface area contributed by atoms with E-state index >= 15 is 0 Å². The molecule has 15 heavy (non-hydrogen) atoms. The van der Waals surface area contributed by atoms with Gasteiger partial charge in [0.1, 0.15) is 6.33 Å². The number of halogens is 1. The minimum absolute atomic E-state index is 0.478. The Morgan fingerprint density at radius 2 is 2.33 bits per heavy atom. The fourth-order valence-corrected chi connectivity index (χ4v) is 1.98. The van der Waals surface area contributed by atoms with E-state index in [0.29, 0.717) is 29.2 Å². The van der Waals surface area contributed by atoms with Gasteiger partial charge in [0.25, 0.3) is 0 Å². The molecule has 0 N–H and O–H groups in total. The Morgan fingerprint density at radius 1 is 1.53 bits per heavy atom. The van der Waals surface area contributed by atoms with Crippen LogP contribution in [0.3, 0.4) is 0 Å². The summed E-state index contributed by atoms with van der Waals surface area (Å²) in [6, 6.07) is 0. The van der Waals surface area contributed by atoms with Crippen molar-refractivity contribution in [1.82, 2.24) is 19.0 Å². The van der Waals surface area contributed by atoms with E-state index in [9.17, 15) is 0 Å². The summed E-state index contributed by atoms with van der Waals surface area (Å²) in [6.45, 7) is 2.43. The second-order valence-electron chi connectivity index (χ2n) is 2.66. The van der Waals surface area contributed by atoms with E-state index < -0.39 is 0 Å². The molecule has 0 radical (unpaired) electrons. The van der Waals surface area contributed by atoms with E-state index in [1.54, 1.807) is 0 Å². The number of imidazole rings is 1. The van der Waals surface area contributed by atoms with E-state index in [4.69, 9.17) is 16.5 Å². The molecule has 0 saturated heterocycles.